The number of hydrogen-bond donors (Lipinski definition) is 1. The number of carbonyl (C=O) groups excluding carboxylic acids is 1. The highest BCUT2D eigenvalue weighted by atomic mass is 16.2. The fourth-order valence-electron chi connectivity index (χ4n) is 3.28. The minimum absolute atomic E-state index is 0.132. The van der Waals surface area contributed by atoms with Crippen LogP contribution in [0.3, 0.4) is 0 Å². The van der Waals surface area contributed by atoms with Crippen LogP contribution in [0.2, 0.25) is 0 Å². The molecule has 0 radical (unpaired) electrons. The van der Waals surface area contributed by atoms with Gasteiger partial charge in [0.1, 0.15) is 0 Å². The summed E-state index contributed by atoms with van der Waals surface area (Å²) < 4.78 is 0. The summed E-state index contributed by atoms with van der Waals surface area (Å²) in [6.45, 7) is 1.85. The van der Waals surface area contributed by atoms with Gasteiger partial charge in [0.15, 0.2) is 0 Å². The number of terminal acetylenes is 1. The molecule has 0 aromatic heterocycles. The number of benzene rings is 1. The molecular weight excluding hydrogens is 222 g/mol. The maximum Gasteiger partial charge on any atom is 0.224 e. The Bertz CT molecular complexity index is 528. The van der Waals surface area contributed by atoms with Gasteiger partial charge in [0.05, 0.1) is 6.04 Å². The van der Waals surface area contributed by atoms with Crippen molar-refractivity contribution in [2.75, 3.05) is 0 Å². The molecule has 4 atom stereocenters. The summed E-state index contributed by atoms with van der Waals surface area (Å²) in [7, 11) is 0. The number of nitrogens with one attached hydrogen (secondary N) is 1. The molecule has 2 nitrogen and oxygen atoms in total. The van der Waals surface area contributed by atoms with Gasteiger partial charge in [0.2, 0.25) is 5.91 Å². The van der Waals surface area contributed by atoms with Gasteiger partial charge in [-0.15, -0.1) is 6.42 Å². The first-order chi connectivity index (χ1) is 8.72. The van der Waals surface area contributed by atoms with Crippen LogP contribution in [0.4, 0.5) is 0 Å². The van der Waals surface area contributed by atoms with Crippen molar-refractivity contribution in [2.45, 2.75) is 31.7 Å². The largest absolute Gasteiger partial charge is 0.342 e. The molecule has 0 heterocycles. The van der Waals surface area contributed by atoms with E-state index in [1.807, 2.05) is 6.92 Å². The number of aryl methyl sites for hydroxylation is 1. The first kappa shape index (κ1) is 11.3. The summed E-state index contributed by atoms with van der Waals surface area (Å²) in [5.74, 6) is 3.78. The molecule has 18 heavy (non-hydrogen) atoms. The summed E-state index contributed by atoms with van der Waals surface area (Å²) in [5, 5.41) is 2.90. The van der Waals surface area contributed by atoms with Crippen molar-refractivity contribution in [2.24, 2.45) is 11.8 Å². The molecule has 1 aromatic rings. The normalized spacial score (nSPS) is 29.4. The van der Waals surface area contributed by atoms with E-state index in [0.29, 0.717) is 11.8 Å². The minimum Gasteiger partial charge on any atom is -0.342 e. The molecule has 2 aliphatic rings. The van der Waals surface area contributed by atoms with Gasteiger partial charge in [-0.3, -0.25) is 4.79 Å². The van der Waals surface area contributed by atoms with E-state index in [1.54, 1.807) is 0 Å². The van der Waals surface area contributed by atoms with E-state index >= 15 is 0 Å². The van der Waals surface area contributed by atoms with E-state index in [0.717, 1.165) is 12.8 Å². The highest BCUT2D eigenvalue weighted by Gasteiger charge is 2.56. The molecule has 2 heteroatoms. The Morgan fingerprint density at radius 2 is 2.28 bits per heavy atom. The van der Waals surface area contributed by atoms with Crippen LogP contribution in [0.15, 0.2) is 24.3 Å². The summed E-state index contributed by atoms with van der Waals surface area (Å²) in [5.41, 5.74) is 2.79. The van der Waals surface area contributed by atoms with E-state index < -0.39 is 0 Å². The molecule has 1 fully saturated rings. The van der Waals surface area contributed by atoms with Gasteiger partial charge in [0.25, 0.3) is 0 Å². The van der Waals surface area contributed by atoms with Crippen molar-refractivity contribution in [3.8, 4) is 12.3 Å². The fraction of sp³-hybridized carbons (Fsp3) is 0.438. The molecule has 0 spiro atoms. The highest BCUT2D eigenvalue weighted by Crippen LogP contribution is 2.59. The maximum atomic E-state index is 12.1. The van der Waals surface area contributed by atoms with Crippen molar-refractivity contribution >= 4 is 5.91 Å². The third-order valence-electron chi connectivity index (χ3n) is 4.24. The summed E-state index contributed by atoms with van der Waals surface area (Å²) in [6.07, 6.45) is 7.53. The molecule has 4 unspecified atom stereocenters. The van der Waals surface area contributed by atoms with E-state index in [9.17, 15) is 4.79 Å². The maximum absolute atomic E-state index is 12.1. The van der Waals surface area contributed by atoms with Gasteiger partial charge in [-0.1, -0.05) is 30.2 Å². The van der Waals surface area contributed by atoms with Crippen molar-refractivity contribution in [3.05, 3.63) is 35.4 Å². The van der Waals surface area contributed by atoms with Crippen LogP contribution in [-0.4, -0.2) is 11.9 Å². The molecular formula is C16H17NO. The second kappa shape index (κ2) is 4.17. The van der Waals surface area contributed by atoms with Gasteiger partial charge in [0, 0.05) is 5.92 Å². The smallest absolute Gasteiger partial charge is 0.224 e. The standard InChI is InChI=1S/C16H17NO/c1-3-10(2)17-16(18)15-13-9-8-11-6-4-5-7-12(11)14(13)15/h1,4-7,10,13-15H,8-9H2,2H3,(H,17,18). The Hall–Kier alpha value is -1.75. The lowest BCUT2D eigenvalue weighted by molar-refractivity contribution is -0.123. The second-order valence-electron chi connectivity index (χ2n) is 5.35. The number of hydrogen-bond acceptors (Lipinski definition) is 1. The summed E-state index contributed by atoms with van der Waals surface area (Å²) in [4.78, 5) is 12.1. The molecule has 0 saturated heterocycles. The average Bonchev–Trinajstić information content (AvgIpc) is 3.13. The van der Waals surface area contributed by atoms with Gasteiger partial charge >= 0.3 is 0 Å². The van der Waals surface area contributed by atoms with E-state index in [4.69, 9.17) is 6.42 Å². The molecule has 3 rings (SSSR count). The number of rotatable bonds is 2. The summed E-state index contributed by atoms with van der Waals surface area (Å²) >= 11 is 0. The predicted octanol–water partition coefficient (Wildman–Crippen LogP) is 2.10. The van der Waals surface area contributed by atoms with E-state index in [-0.39, 0.29) is 17.9 Å². The van der Waals surface area contributed by atoms with E-state index in [2.05, 4.69) is 35.5 Å². The monoisotopic (exact) mass is 239 g/mol. The van der Waals surface area contributed by atoms with Crippen molar-refractivity contribution in [1.82, 2.24) is 5.32 Å². The molecule has 1 aromatic carbocycles. The lowest BCUT2D eigenvalue weighted by atomic mass is 9.92. The zero-order valence-electron chi connectivity index (χ0n) is 10.5. The first-order valence-electron chi connectivity index (χ1n) is 6.56. The van der Waals surface area contributed by atoms with Gasteiger partial charge in [-0.25, -0.2) is 0 Å². The first-order valence-corrected chi connectivity index (χ1v) is 6.56. The third-order valence-corrected chi connectivity index (χ3v) is 4.24. The van der Waals surface area contributed by atoms with Crippen LogP contribution in [-0.2, 0) is 11.2 Å². The fourth-order valence-corrected chi connectivity index (χ4v) is 3.28. The van der Waals surface area contributed by atoms with Crippen LogP contribution < -0.4 is 5.32 Å². The molecule has 1 saturated carbocycles. The number of amides is 1. The van der Waals surface area contributed by atoms with E-state index in [1.165, 1.54) is 11.1 Å². The van der Waals surface area contributed by atoms with Crippen LogP contribution in [0.25, 0.3) is 0 Å². The van der Waals surface area contributed by atoms with Crippen LogP contribution in [0.5, 0.6) is 0 Å². The predicted molar refractivity (Wildman–Crippen MR) is 70.9 cm³/mol. The second-order valence-corrected chi connectivity index (χ2v) is 5.35. The van der Waals surface area contributed by atoms with Gasteiger partial charge < -0.3 is 5.32 Å². The lowest BCUT2D eigenvalue weighted by Crippen LogP contribution is -2.33. The zero-order valence-corrected chi connectivity index (χ0v) is 10.5. The SMILES string of the molecule is C#CC(C)NC(=O)C1C2CCc3ccccc3C21. The Labute approximate surface area is 108 Å². The molecule has 0 bridgehead atoms. The molecule has 0 aliphatic heterocycles. The molecule has 92 valence electrons. The van der Waals surface area contributed by atoms with Gasteiger partial charge in [-0.05, 0) is 42.7 Å². The van der Waals surface area contributed by atoms with Crippen molar-refractivity contribution in [1.29, 1.82) is 0 Å². The van der Waals surface area contributed by atoms with Crippen molar-refractivity contribution < 1.29 is 4.79 Å². The lowest BCUT2D eigenvalue weighted by Gasteiger charge is -2.13. The Morgan fingerprint density at radius 3 is 3.06 bits per heavy atom. The zero-order chi connectivity index (χ0) is 12.7. The van der Waals surface area contributed by atoms with Crippen LogP contribution in [0.1, 0.15) is 30.4 Å². The average molecular weight is 239 g/mol. The Kier molecular flexibility index (Phi) is 2.63. The molecule has 1 N–H and O–H groups in total. The van der Waals surface area contributed by atoms with Crippen molar-refractivity contribution in [3.63, 3.8) is 0 Å². The number of carbonyl (C=O) groups is 1. The number of fused-ring (bicyclic) bond motifs is 3. The molecule has 2 aliphatic carbocycles. The quantitative estimate of drug-likeness (QED) is 0.787. The Balaban J connectivity index is 1.77. The third kappa shape index (κ3) is 1.71. The topological polar surface area (TPSA) is 29.1 Å². The summed E-state index contributed by atoms with van der Waals surface area (Å²) in [6, 6.07) is 8.33. The Morgan fingerprint density at radius 1 is 1.50 bits per heavy atom. The van der Waals surface area contributed by atoms with Gasteiger partial charge in [-0.2, -0.15) is 0 Å². The van der Waals surface area contributed by atoms with Crippen LogP contribution in [0, 0.1) is 24.2 Å². The van der Waals surface area contributed by atoms with Crippen LogP contribution >= 0.6 is 0 Å². The molecule has 1 amide bonds. The minimum atomic E-state index is -0.171. The highest BCUT2D eigenvalue weighted by molar-refractivity contribution is 5.84.